The topological polar surface area (TPSA) is 202 Å². The third-order valence-electron chi connectivity index (χ3n) is 3.42. The SMILES string of the molecule is NC(N)=NC(N)=Nc1ccc(OC2OC(CO)C(O)C(O)C2O)cc1. The van der Waals surface area contributed by atoms with E-state index in [1.54, 1.807) is 12.1 Å². The highest BCUT2D eigenvalue weighted by Crippen LogP contribution is 2.25. The molecule has 11 nitrogen and oxygen atoms in total. The highest BCUT2D eigenvalue weighted by molar-refractivity contribution is 5.93. The van der Waals surface area contributed by atoms with Gasteiger partial charge in [-0.25, -0.2) is 4.99 Å². The van der Waals surface area contributed by atoms with Gasteiger partial charge in [0.2, 0.25) is 12.2 Å². The second-order valence-corrected chi connectivity index (χ2v) is 5.32. The summed E-state index contributed by atoms with van der Waals surface area (Å²) < 4.78 is 10.7. The molecule has 138 valence electrons. The van der Waals surface area contributed by atoms with Crippen LogP contribution in [0.2, 0.25) is 0 Å². The summed E-state index contributed by atoms with van der Waals surface area (Å²) in [4.78, 5) is 7.53. The standard InChI is InChI=1S/C14H21N5O6/c15-13(16)19-14(17)18-6-1-3-7(4-2-6)24-12-11(23)10(22)9(21)8(5-20)25-12/h1-4,8-12,20-23H,5H2,(H6,15,16,17,18,19). The maximum absolute atomic E-state index is 9.92. The van der Waals surface area contributed by atoms with Crippen molar-refractivity contribution in [2.75, 3.05) is 6.61 Å². The largest absolute Gasteiger partial charge is 0.462 e. The fourth-order valence-corrected chi connectivity index (χ4v) is 2.19. The zero-order valence-electron chi connectivity index (χ0n) is 13.1. The quantitative estimate of drug-likeness (QED) is 0.218. The Morgan fingerprint density at radius 2 is 1.68 bits per heavy atom. The maximum atomic E-state index is 9.92. The van der Waals surface area contributed by atoms with Crippen molar-refractivity contribution in [2.24, 2.45) is 27.2 Å². The molecule has 1 fully saturated rings. The molecule has 0 bridgehead atoms. The number of aliphatic hydroxyl groups is 4. The molecule has 10 N–H and O–H groups in total. The fraction of sp³-hybridized carbons (Fsp3) is 0.429. The van der Waals surface area contributed by atoms with Gasteiger partial charge in [-0.15, -0.1) is 0 Å². The smallest absolute Gasteiger partial charge is 0.229 e. The fourth-order valence-electron chi connectivity index (χ4n) is 2.19. The number of hydrogen-bond acceptors (Lipinski definition) is 7. The highest BCUT2D eigenvalue weighted by atomic mass is 16.7. The summed E-state index contributed by atoms with van der Waals surface area (Å²) >= 11 is 0. The predicted octanol–water partition coefficient (Wildman–Crippen LogP) is -2.92. The number of aliphatic hydroxyl groups excluding tert-OH is 4. The Hall–Kier alpha value is -2.44. The summed E-state index contributed by atoms with van der Waals surface area (Å²) in [5, 5.41) is 38.5. The first-order valence-electron chi connectivity index (χ1n) is 7.33. The third-order valence-corrected chi connectivity index (χ3v) is 3.42. The molecule has 1 aromatic rings. The van der Waals surface area contributed by atoms with E-state index in [-0.39, 0.29) is 11.9 Å². The van der Waals surface area contributed by atoms with Crippen LogP contribution in [0.5, 0.6) is 5.75 Å². The molecule has 1 aliphatic rings. The highest BCUT2D eigenvalue weighted by Gasteiger charge is 2.44. The third kappa shape index (κ3) is 4.78. The number of hydrogen-bond donors (Lipinski definition) is 7. The van der Waals surface area contributed by atoms with E-state index in [0.29, 0.717) is 11.4 Å². The Labute approximate surface area is 143 Å². The molecule has 0 aliphatic carbocycles. The Kier molecular flexibility index (Phi) is 6.12. The number of guanidine groups is 2. The van der Waals surface area contributed by atoms with E-state index in [1.165, 1.54) is 12.1 Å². The van der Waals surface area contributed by atoms with E-state index in [9.17, 15) is 15.3 Å². The first-order valence-corrected chi connectivity index (χ1v) is 7.33. The monoisotopic (exact) mass is 355 g/mol. The van der Waals surface area contributed by atoms with E-state index in [0.717, 1.165) is 0 Å². The molecular weight excluding hydrogens is 334 g/mol. The minimum atomic E-state index is -1.51. The normalized spacial score (nSPS) is 29.9. The van der Waals surface area contributed by atoms with Crippen LogP contribution in [0, 0.1) is 0 Å². The average Bonchev–Trinajstić information content (AvgIpc) is 2.56. The van der Waals surface area contributed by atoms with Crippen LogP contribution in [0.1, 0.15) is 0 Å². The Morgan fingerprint density at radius 3 is 2.24 bits per heavy atom. The van der Waals surface area contributed by atoms with Crippen LogP contribution in [0.3, 0.4) is 0 Å². The minimum absolute atomic E-state index is 0.123. The zero-order chi connectivity index (χ0) is 18.6. The van der Waals surface area contributed by atoms with Crippen LogP contribution in [-0.4, -0.2) is 69.7 Å². The van der Waals surface area contributed by atoms with Crippen molar-refractivity contribution in [1.29, 1.82) is 0 Å². The van der Waals surface area contributed by atoms with E-state index in [2.05, 4.69) is 9.98 Å². The van der Waals surface area contributed by atoms with Crippen molar-refractivity contribution in [3.8, 4) is 5.75 Å². The van der Waals surface area contributed by atoms with Crippen LogP contribution in [-0.2, 0) is 4.74 Å². The Morgan fingerprint density at radius 1 is 1.04 bits per heavy atom. The molecule has 11 heteroatoms. The van der Waals surface area contributed by atoms with Crippen LogP contribution in [0.25, 0.3) is 0 Å². The van der Waals surface area contributed by atoms with Crippen LogP contribution in [0.4, 0.5) is 5.69 Å². The molecule has 0 spiro atoms. The molecule has 5 atom stereocenters. The molecular formula is C14H21N5O6. The lowest BCUT2D eigenvalue weighted by molar-refractivity contribution is -0.277. The van der Waals surface area contributed by atoms with E-state index in [1.807, 2.05) is 0 Å². The van der Waals surface area contributed by atoms with Gasteiger partial charge in [-0.3, -0.25) is 0 Å². The van der Waals surface area contributed by atoms with Gasteiger partial charge in [0.1, 0.15) is 30.2 Å². The Bertz CT molecular complexity index is 631. The van der Waals surface area contributed by atoms with Crippen molar-refractivity contribution in [2.45, 2.75) is 30.7 Å². The summed E-state index contributed by atoms with van der Waals surface area (Å²) in [6, 6.07) is 6.13. The van der Waals surface area contributed by atoms with Crippen molar-refractivity contribution < 1.29 is 29.9 Å². The van der Waals surface area contributed by atoms with Gasteiger partial charge >= 0.3 is 0 Å². The molecule has 0 radical (unpaired) electrons. The average molecular weight is 355 g/mol. The molecule has 1 heterocycles. The summed E-state index contributed by atoms with van der Waals surface area (Å²) in [5.41, 5.74) is 16.3. The van der Waals surface area contributed by atoms with Gasteiger partial charge in [0.25, 0.3) is 0 Å². The molecule has 1 aromatic carbocycles. The summed E-state index contributed by atoms with van der Waals surface area (Å²) in [5.74, 6) is -0.0462. The summed E-state index contributed by atoms with van der Waals surface area (Å²) in [6.45, 7) is -0.539. The molecule has 0 aromatic heterocycles. The number of benzene rings is 1. The molecule has 25 heavy (non-hydrogen) atoms. The van der Waals surface area contributed by atoms with Crippen molar-refractivity contribution in [3.05, 3.63) is 24.3 Å². The zero-order valence-corrected chi connectivity index (χ0v) is 13.1. The van der Waals surface area contributed by atoms with Gasteiger partial charge in [0.05, 0.1) is 12.3 Å². The van der Waals surface area contributed by atoms with Gasteiger partial charge in [0.15, 0.2) is 5.96 Å². The predicted molar refractivity (Wildman–Crippen MR) is 87.9 cm³/mol. The minimum Gasteiger partial charge on any atom is -0.462 e. The molecule has 0 saturated carbocycles. The molecule has 1 saturated heterocycles. The number of aliphatic imine (C=N–C) groups is 2. The lowest BCUT2D eigenvalue weighted by atomic mass is 9.99. The van der Waals surface area contributed by atoms with E-state index < -0.39 is 37.3 Å². The molecule has 1 aliphatic heterocycles. The Balaban J connectivity index is 2.07. The van der Waals surface area contributed by atoms with E-state index in [4.69, 9.17) is 31.8 Å². The van der Waals surface area contributed by atoms with Gasteiger partial charge in [0, 0.05) is 0 Å². The summed E-state index contributed by atoms with van der Waals surface area (Å²) in [7, 11) is 0. The lowest BCUT2D eigenvalue weighted by Crippen LogP contribution is -2.60. The van der Waals surface area contributed by atoms with Gasteiger partial charge in [-0.05, 0) is 24.3 Å². The van der Waals surface area contributed by atoms with Crippen molar-refractivity contribution in [3.63, 3.8) is 0 Å². The number of ether oxygens (including phenoxy) is 2. The van der Waals surface area contributed by atoms with Crippen molar-refractivity contribution in [1.82, 2.24) is 0 Å². The molecule has 2 rings (SSSR count). The van der Waals surface area contributed by atoms with Crippen LogP contribution < -0.4 is 21.9 Å². The lowest BCUT2D eigenvalue weighted by Gasteiger charge is -2.39. The molecule has 0 amide bonds. The second-order valence-electron chi connectivity index (χ2n) is 5.32. The number of nitrogens with zero attached hydrogens (tertiary/aromatic N) is 2. The van der Waals surface area contributed by atoms with Gasteiger partial charge in [-0.1, -0.05) is 0 Å². The van der Waals surface area contributed by atoms with Gasteiger partial charge < -0.3 is 47.1 Å². The van der Waals surface area contributed by atoms with Crippen LogP contribution in [0.15, 0.2) is 34.3 Å². The first-order chi connectivity index (χ1) is 11.8. The van der Waals surface area contributed by atoms with Crippen LogP contribution >= 0.6 is 0 Å². The second kappa shape index (κ2) is 8.09. The molecule has 5 unspecified atom stereocenters. The first kappa shape index (κ1) is 18.9. The van der Waals surface area contributed by atoms with Crippen molar-refractivity contribution >= 4 is 17.6 Å². The number of rotatable bonds is 4. The van der Waals surface area contributed by atoms with E-state index >= 15 is 0 Å². The number of nitrogens with two attached hydrogens (primary N) is 3. The maximum Gasteiger partial charge on any atom is 0.229 e. The summed E-state index contributed by atoms with van der Waals surface area (Å²) in [6.07, 6.45) is -6.77. The van der Waals surface area contributed by atoms with Gasteiger partial charge in [-0.2, -0.15) is 4.99 Å².